The lowest BCUT2D eigenvalue weighted by atomic mass is 9.81. The summed E-state index contributed by atoms with van der Waals surface area (Å²) in [6, 6.07) is 22.8. The molecule has 226 valence electrons. The first kappa shape index (κ1) is 31.9. The molecule has 4 rings (SSSR count). The molecule has 0 aliphatic heterocycles. The molecular formula is C35H45NO5S. The van der Waals surface area contributed by atoms with E-state index in [1.165, 1.54) is 6.42 Å². The number of aliphatic hydroxyl groups excluding tert-OH is 1. The second-order valence-electron chi connectivity index (χ2n) is 11.8. The summed E-state index contributed by atoms with van der Waals surface area (Å²) in [5, 5.41) is 11.1. The Morgan fingerprint density at radius 2 is 1.50 bits per heavy atom. The number of benzene rings is 3. The number of aliphatic hydroxyl groups is 1. The van der Waals surface area contributed by atoms with Gasteiger partial charge in [0.1, 0.15) is 11.9 Å². The van der Waals surface area contributed by atoms with E-state index in [1.807, 2.05) is 100 Å². The molecule has 3 aromatic carbocycles. The number of hydrogen-bond acceptors (Lipinski definition) is 5. The first-order valence-corrected chi connectivity index (χ1v) is 16.1. The van der Waals surface area contributed by atoms with E-state index in [9.17, 15) is 14.1 Å². The summed E-state index contributed by atoms with van der Waals surface area (Å²) in [5.74, 6) is -0.439. The van der Waals surface area contributed by atoms with Crippen LogP contribution in [0.4, 0.5) is 0 Å². The van der Waals surface area contributed by atoms with Gasteiger partial charge in [-0.05, 0) is 75.6 Å². The van der Waals surface area contributed by atoms with Crippen molar-refractivity contribution >= 4 is 17.2 Å². The number of ether oxygens (including phenoxy) is 1. The van der Waals surface area contributed by atoms with Crippen LogP contribution in [0.2, 0.25) is 0 Å². The normalized spacial score (nSPS) is 17.7. The van der Waals surface area contributed by atoms with E-state index in [0.29, 0.717) is 12.3 Å². The van der Waals surface area contributed by atoms with Crippen molar-refractivity contribution in [2.45, 2.75) is 91.5 Å². The van der Waals surface area contributed by atoms with E-state index in [2.05, 4.69) is 0 Å². The van der Waals surface area contributed by atoms with Crippen LogP contribution >= 0.6 is 0 Å². The number of carbonyl (C=O) groups excluding carboxylic acids is 1. The van der Waals surface area contributed by atoms with Crippen molar-refractivity contribution in [2.24, 2.45) is 11.8 Å². The third kappa shape index (κ3) is 8.09. The Balaban J connectivity index is 1.64. The Bertz CT molecular complexity index is 1300. The van der Waals surface area contributed by atoms with Crippen LogP contribution in [-0.4, -0.2) is 31.7 Å². The van der Waals surface area contributed by atoms with Crippen molar-refractivity contribution in [3.63, 3.8) is 0 Å². The molecule has 0 amide bonds. The zero-order chi connectivity index (χ0) is 30.2. The second-order valence-corrected chi connectivity index (χ2v) is 12.8. The first-order chi connectivity index (χ1) is 20.2. The third-order valence-electron chi connectivity index (χ3n) is 8.41. The topological polar surface area (TPSA) is 76.1 Å². The van der Waals surface area contributed by atoms with Gasteiger partial charge in [0, 0.05) is 6.54 Å². The maximum atomic E-state index is 14.1. The molecule has 6 nitrogen and oxygen atoms in total. The number of hydrogen-bond donors (Lipinski definition) is 1. The van der Waals surface area contributed by atoms with Gasteiger partial charge in [-0.15, -0.1) is 0 Å². The summed E-state index contributed by atoms with van der Waals surface area (Å²) >= 11 is -1.91. The number of rotatable bonds is 12. The maximum Gasteiger partial charge on any atom is 0.311 e. The van der Waals surface area contributed by atoms with Crippen LogP contribution in [-0.2, 0) is 27.3 Å². The molecule has 0 aromatic heterocycles. The lowest BCUT2D eigenvalue weighted by Gasteiger charge is -2.35. The van der Waals surface area contributed by atoms with E-state index in [4.69, 9.17) is 8.92 Å². The average molecular weight is 592 g/mol. The predicted octanol–water partition coefficient (Wildman–Crippen LogP) is 7.32. The maximum absolute atomic E-state index is 14.1. The van der Waals surface area contributed by atoms with Crippen molar-refractivity contribution in [3.05, 3.63) is 101 Å². The van der Waals surface area contributed by atoms with Crippen molar-refractivity contribution < 1.29 is 23.0 Å². The minimum atomic E-state index is -1.91. The fourth-order valence-corrected chi connectivity index (χ4v) is 7.15. The molecule has 1 aliphatic carbocycles. The summed E-state index contributed by atoms with van der Waals surface area (Å²) in [6.07, 6.45) is 3.69. The quantitative estimate of drug-likeness (QED) is 0.223. The molecule has 3 aromatic rings. The molecule has 1 aliphatic rings. The smallest absolute Gasteiger partial charge is 0.311 e. The highest BCUT2D eigenvalue weighted by atomic mass is 32.2. The number of aryl methyl sites for hydroxylation is 3. The van der Waals surface area contributed by atoms with Gasteiger partial charge in [-0.25, -0.2) is 0 Å². The van der Waals surface area contributed by atoms with Crippen molar-refractivity contribution in [1.29, 1.82) is 0 Å². The fraction of sp³-hybridized carbons (Fsp3) is 0.457. The summed E-state index contributed by atoms with van der Waals surface area (Å²) in [4.78, 5) is 13.6. The van der Waals surface area contributed by atoms with Gasteiger partial charge in [-0.2, -0.15) is 8.51 Å². The molecule has 0 spiro atoms. The van der Waals surface area contributed by atoms with E-state index in [1.54, 1.807) is 11.2 Å². The number of esters is 1. The summed E-state index contributed by atoms with van der Waals surface area (Å²) in [7, 11) is 0. The molecule has 0 saturated heterocycles. The van der Waals surface area contributed by atoms with E-state index >= 15 is 0 Å². The lowest BCUT2D eigenvalue weighted by Crippen LogP contribution is -2.43. The van der Waals surface area contributed by atoms with E-state index < -0.39 is 41.4 Å². The first-order valence-electron chi connectivity index (χ1n) is 15.1. The highest BCUT2D eigenvalue weighted by Crippen LogP contribution is 2.34. The minimum Gasteiger partial charge on any atom is -0.455 e. The summed E-state index contributed by atoms with van der Waals surface area (Å²) < 4.78 is 28.2. The van der Waals surface area contributed by atoms with E-state index in [0.717, 1.165) is 53.5 Å². The van der Waals surface area contributed by atoms with Crippen molar-refractivity contribution in [3.8, 4) is 5.75 Å². The summed E-state index contributed by atoms with van der Waals surface area (Å²) in [5.41, 5.74) is 4.67. The molecule has 7 heteroatoms. The van der Waals surface area contributed by atoms with Gasteiger partial charge >= 0.3 is 5.97 Å². The molecule has 1 unspecified atom stereocenters. The van der Waals surface area contributed by atoms with Gasteiger partial charge in [0.15, 0.2) is 0 Å². The second kappa shape index (κ2) is 14.9. The molecule has 5 atom stereocenters. The highest BCUT2D eigenvalue weighted by molar-refractivity contribution is 7.78. The Kier molecular flexibility index (Phi) is 11.4. The Hall–Kier alpha value is -3.00. The Morgan fingerprint density at radius 3 is 2.10 bits per heavy atom. The third-order valence-corrected chi connectivity index (χ3v) is 9.57. The molecule has 0 radical (unpaired) electrons. The van der Waals surface area contributed by atoms with Crippen LogP contribution in [0.1, 0.15) is 79.9 Å². The molecule has 0 heterocycles. The zero-order valence-corrected chi connectivity index (χ0v) is 26.3. The standard InChI is InChI=1S/C35H45NO5S/c1-24-21-25(2)33(26(3)22-24)41-42(39)36(23-29-15-9-6-10-16-29)28(5)34(31-19-13-8-14-20-31)40-35(38)27(4)32(37)30-17-11-7-12-18-30/h6,8-10,13-16,19-22,27-28,30,32,34,37H,7,11-12,17-18,23H2,1-5H3/t27-,28+,32+,34+,42?/m1/s1. The van der Waals surface area contributed by atoms with Gasteiger partial charge in [-0.3, -0.25) is 4.79 Å². The molecule has 42 heavy (non-hydrogen) atoms. The van der Waals surface area contributed by atoms with E-state index in [-0.39, 0.29) is 5.92 Å². The molecule has 1 N–H and O–H groups in total. The van der Waals surface area contributed by atoms with Crippen LogP contribution in [0.3, 0.4) is 0 Å². The number of nitrogens with zero attached hydrogens (tertiary/aromatic N) is 1. The van der Waals surface area contributed by atoms with Gasteiger partial charge in [0.25, 0.3) is 11.3 Å². The van der Waals surface area contributed by atoms with Gasteiger partial charge in [-0.1, -0.05) is 97.6 Å². The molecule has 1 saturated carbocycles. The largest absolute Gasteiger partial charge is 0.455 e. The molecule has 1 fully saturated rings. The van der Waals surface area contributed by atoms with Crippen LogP contribution < -0.4 is 4.18 Å². The highest BCUT2D eigenvalue weighted by Gasteiger charge is 2.37. The van der Waals surface area contributed by atoms with Crippen LogP contribution in [0, 0.1) is 32.6 Å². The van der Waals surface area contributed by atoms with Crippen molar-refractivity contribution in [2.75, 3.05) is 0 Å². The van der Waals surface area contributed by atoms with Gasteiger partial charge < -0.3 is 14.0 Å². The average Bonchev–Trinajstić information content (AvgIpc) is 3.00. The number of carbonyl (C=O) groups is 1. The zero-order valence-electron chi connectivity index (χ0n) is 25.5. The fourth-order valence-electron chi connectivity index (χ4n) is 6.01. The monoisotopic (exact) mass is 591 g/mol. The lowest BCUT2D eigenvalue weighted by molar-refractivity contribution is -0.162. The Morgan fingerprint density at radius 1 is 0.929 bits per heavy atom. The van der Waals surface area contributed by atoms with Crippen molar-refractivity contribution in [1.82, 2.24) is 4.31 Å². The van der Waals surface area contributed by atoms with Crippen LogP contribution in [0.25, 0.3) is 0 Å². The summed E-state index contributed by atoms with van der Waals surface area (Å²) in [6.45, 7) is 9.90. The predicted molar refractivity (Wildman–Crippen MR) is 168 cm³/mol. The van der Waals surface area contributed by atoms with Crippen LogP contribution in [0.15, 0.2) is 72.8 Å². The minimum absolute atomic E-state index is 0.102. The SMILES string of the molecule is Cc1cc(C)c(OS(=O)N(Cc2ccccc2)[C@@H](C)[C@H](OC(=O)[C@H](C)[C@H](O)C2CCCCC2)c2ccccc2)c(C)c1. The van der Waals surface area contributed by atoms with Crippen LogP contribution in [0.5, 0.6) is 5.75 Å². The van der Waals surface area contributed by atoms with Gasteiger partial charge in [0.05, 0.1) is 18.1 Å². The molecule has 0 bridgehead atoms. The van der Waals surface area contributed by atoms with Gasteiger partial charge in [0.2, 0.25) is 0 Å². The molecular weight excluding hydrogens is 546 g/mol. The Labute approximate surface area is 253 Å².